The Kier molecular flexibility index (Phi) is 5.67. The Hall–Kier alpha value is -0.580. The maximum absolute atomic E-state index is 11.4. The SMILES string of the molecule is O=C(CCCNCc1ccc(Cl)c(Br)c1)NC1CC1. The van der Waals surface area contributed by atoms with Crippen molar-refractivity contribution < 1.29 is 4.79 Å². The van der Waals surface area contributed by atoms with Crippen LogP contribution in [0.5, 0.6) is 0 Å². The second-order valence-corrected chi connectivity index (χ2v) is 6.13. The second-order valence-electron chi connectivity index (χ2n) is 4.87. The van der Waals surface area contributed by atoms with Gasteiger partial charge in [0, 0.05) is 23.5 Å². The monoisotopic (exact) mass is 344 g/mol. The predicted octanol–water partition coefficient (Wildman–Crippen LogP) is 3.25. The van der Waals surface area contributed by atoms with E-state index in [0.29, 0.717) is 12.5 Å². The molecule has 3 nitrogen and oxygen atoms in total. The molecule has 1 amide bonds. The van der Waals surface area contributed by atoms with E-state index in [1.54, 1.807) is 0 Å². The van der Waals surface area contributed by atoms with Gasteiger partial charge < -0.3 is 10.6 Å². The molecule has 1 saturated carbocycles. The number of hydrogen-bond acceptors (Lipinski definition) is 2. The Morgan fingerprint density at radius 1 is 1.42 bits per heavy atom. The average molecular weight is 346 g/mol. The summed E-state index contributed by atoms with van der Waals surface area (Å²) < 4.78 is 0.914. The van der Waals surface area contributed by atoms with Crippen molar-refractivity contribution >= 4 is 33.4 Å². The molecule has 1 aromatic rings. The maximum Gasteiger partial charge on any atom is 0.220 e. The molecule has 2 rings (SSSR count). The van der Waals surface area contributed by atoms with Crippen LogP contribution in [-0.4, -0.2) is 18.5 Å². The van der Waals surface area contributed by atoms with Crippen molar-refractivity contribution in [1.82, 2.24) is 10.6 Å². The molecule has 1 aliphatic carbocycles. The molecule has 0 aromatic heterocycles. The molecule has 2 N–H and O–H groups in total. The minimum atomic E-state index is 0.179. The number of carbonyl (C=O) groups is 1. The molecule has 1 aliphatic rings. The summed E-state index contributed by atoms with van der Waals surface area (Å²) in [7, 11) is 0. The molecule has 1 fully saturated rings. The van der Waals surface area contributed by atoms with Gasteiger partial charge in [0.2, 0.25) is 5.91 Å². The van der Waals surface area contributed by atoms with Crippen molar-refractivity contribution in [3.8, 4) is 0 Å². The third kappa shape index (κ3) is 5.51. The molecular formula is C14H18BrClN2O. The van der Waals surface area contributed by atoms with Gasteiger partial charge in [-0.05, 0) is 59.4 Å². The molecule has 5 heteroatoms. The van der Waals surface area contributed by atoms with Crippen LogP contribution in [0.4, 0.5) is 0 Å². The van der Waals surface area contributed by atoms with Crippen LogP contribution >= 0.6 is 27.5 Å². The van der Waals surface area contributed by atoms with E-state index in [4.69, 9.17) is 11.6 Å². The van der Waals surface area contributed by atoms with Gasteiger partial charge >= 0.3 is 0 Å². The molecule has 0 heterocycles. The normalized spacial score (nSPS) is 14.4. The Balaban J connectivity index is 1.58. The Morgan fingerprint density at radius 2 is 2.21 bits per heavy atom. The van der Waals surface area contributed by atoms with Crippen LogP contribution in [0, 0.1) is 0 Å². The summed E-state index contributed by atoms with van der Waals surface area (Å²) >= 11 is 9.34. The van der Waals surface area contributed by atoms with Gasteiger partial charge in [0.25, 0.3) is 0 Å². The van der Waals surface area contributed by atoms with Gasteiger partial charge in [0.15, 0.2) is 0 Å². The van der Waals surface area contributed by atoms with Gasteiger partial charge in [0.05, 0.1) is 5.02 Å². The lowest BCUT2D eigenvalue weighted by Gasteiger charge is -2.06. The number of halogens is 2. The lowest BCUT2D eigenvalue weighted by molar-refractivity contribution is -0.121. The standard InChI is InChI=1S/C14H18BrClN2O/c15-12-8-10(3-6-13(12)16)9-17-7-1-2-14(19)18-11-4-5-11/h3,6,8,11,17H,1-2,4-5,7,9H2,(H,18,19). The third-order valence-electron chi connectivity index (χ3n) is 3.01. The van der Waals surface area contributed by atoms with Crippen LogP contribution in [0.3, 0.4) is 0 Å². The first-order chi connectivity index (χ1) is 9.15. The van der Waals surface area contributed by atoms with Crippen LogP contribution in [0.25, 0.3) is 0 Å². The fraction of sp³-hybridized carbons (Fsp3) is 0.500. The van der Waals surface area contributed by atoms with Crippen LogP contribution < -0.4 is 10.6 Å². The summed E-state index contributed by atoms with van der Waals surface area (Å²) in [5.41, 5.74) is 1.18. The van der Waals surface area contributed by atoms with Crippen molar-refractivity contribution in [2.24, 2.45) is 0 Å². The molecule has 0 aliphatic heterocycles. The fourth-order valence-corrected chi connectivity index (χ4v) is 2.33. The van der Waals surface area contributed by atoms with Gasteiger partial charge in [-0.15, -0.1) is 0 Å². The number of nitrogens with one attached hydrogen (secondary N) is 2. The van der Waals surface area contributed by atoms with Crippen molar-refractivity contribution in [2.45, 2.75) is 38.3 Å². The zero-order valence-electron chi connectivity index (χ0n) is 10.7. The zero-order chi connectivity index (χ0) is 13.7. The minimum Gasteiger partial charge on any atom is -0.353 e. The highest BCUT2D eigenvalue weighted by Crippen LogP contribution is 2.23. The third-order valence-corrected chi connectivity index (χ3v) is 4.23. The Morgan fingerprint density at radius 3 is 2.89 bits per heavy atom. The summed E-state index contributed by atoms with van der Waals surface area (Å²) in [6, 6.07) is 6.35. The summed E-state index contributed by atoms with van der Waals surface area (Å²) in [6.07, 6.45) is 3.77. The topological polar surface area (TPSA) is 41.1 Å². The zero-order valence-corrected chi connectivity index (χ0v) is 13.1. The highest BCUT2D eigenvalue weighted by Gasteiger charge is 2.22. The van der Waals surface area contributed by atoms with Crippen molar-refractivity contribution in [2.75, 3.05) is 6.54 Å². The molecule has 0 unspecified atom stereocenters. The Bertz CT molecular complexity index is 449. The first-order valence-corrected chi connectivity index (χ1v) is 7.76. The maximum atomic E-state index is 11.4. The van der Waals surface area contributed by atoms with Crippen LogP contribution in [0.2, 0.25) is 5.02 Å². The predicted molar refractivity (Wildman–Crippen MR) is 81.3 cm³/mol. The van der Waals surface area contributed by atoms with E-state index in [9.17, 15) is 4.79 Å². The van der Waals surface area contributed by atoms with Gasteiger partial charge in [-0.3, -0.25) is 4.79 Å². The molecule has 1 aromatic carbocycles. The molecular weight excluding hydrogens is 328 g/mol. The smallest absolute Gasteiger partial charge is 0.220 e. The second kappa shape index (κ2) is 7.27. The van der Waals surface area contributed by atoms with Gasteiger partial charge in [-0.1, -0.05) is 17.7 Å². The molecule has 0 saturated heterocycles. The molecule has 0 atom stereocenters. The van der Waals surface area contributed by atoms with E-state index in [1.165, 1.54) is 5.56 Å². The fourth-order valence-electron chi connectivity index (χ4n) is 1.78. The van der Waals surface area contributed by atoms with Crippen molar-refractivity contribution in [3.63, 3.8) is 0 Å². The van der Waals surface area contributed by atoms with E-state index in [0.717, 1.165) is 41.8 Å². The van der Waals surface area contributed by atoms with Gasteiger partial charge in [0.1, 0.15) is 0 Å². The van der Waals surface area contributed by atoms with Crippen LogP contribution in [0.15, 0.2) is 22.7 Å². The summed E-state index contributed by atoms with van der Waals surface area (Å²) in [4.78, 5) is 11.4. The number of amides is 1. The number of rotatable bonds is 7. The van der Waals surface area contributed by atoms with Crippen molar-refractivity contribution in [3.05, 3.63) is 33.3 Å². The molecule has 0 spiro atoms. The van der Waals surface area contributed by atoms with E-state index in [1.807, 2.05) is 18.2 Å². The molecule has 0 radical (unpaired) electrons. The quantitative estimate of drug-likeness (QED) is 0.745. The van der Waals surface area contributed by atoms with E-state index in [-0.39, 0.29) is 5.91 Å². The van der Waals surface area contributed by atoms with E-state index >= 15 is 0 Å². The lowest BCUT2D eigenvalue weighted by atomic mass is 10.2. The average Bonchev–Trinajstić information content (AvgIpc) is 3.17. The molecule has 19 heavy (non-hydrogen) atoms. The minimum absolute atomic E-state index is 0.179. The van der Waals surface area contributed by atoms with Crippen LogP contribution in [0.1, 0.15) is 31.2 Å². The number of benzene rings is 1. The van der Waals surface area contributed by atoms with E-state index in [2.05, 4.69) is 26.6 Å². The summed E-state index contributed by atoms with van der Waals surface area (Å²) in [5.74, 6) is 0.179. The van der Waals surface area contributed by atoms with Crippen molar-refractivity contribution in [1.29, 1.82) is 0 Å². The Labute approximate surface area is 127 Å². The number of carbonyl (C=O) groups excluding carboxylic acids is 1. The lowest BCUT2D eigenvalue weighted by Crippen LogP contribution is -2.26. The van der Waals surface area contributed by atoms with Gasteiger partial charge in [-0.25, -0.2) is 0 Å². The first-order valence-electron chi connectivity index (χ1n) is 6.59. The first kappa shape index (κ1) is 14.8. The summed E-state index contributed by atoms with van der Waals surface area (Å²) in [6.45, 7) is 1.64. The molecule has 104 valence electrons. The summed E-state index contributed by atoms with van der Waals surface area (Å²) in [5, 5.41) is 7.04. The highest BCUT2D eigenvalue weighted by molar-refractivity contribution is 9.10. The highest BCUT2D eigenvalue weighted by atomic mass is 79.9. The largest absolute Gasteiger partial charge is 0.353 e. The van der Waals surface area contributed by atoms with Gasteiger partial charge in [-0.2, -0.15) is 0 Å². The number of hydrogen-bond donors (Lipinski definition) is 2. The van der Waals surface area contributed by atoms with Crippen LogP contribution in [-0.2, 0) is 11.3 Å². The molecule has 0 bridgehead atoms. The van der Waals surface area contributed by atoms with E-state index < -0.39 is 0 Å².